The molecule has 0 aliphatic carbocycles. The lowest BCUT2D eigenvalue weighted by molar-refractivity contribution is 0.610. The van der Waals surface area contributed by atoms with Crippen LogP contribution in [0.3, 0.4) is 0 Å². The molecule has 2 N–H and O–H groups in total. The molecule has 0 fully saturated rings. The highest BCUT2D eigenvalue weighted by Gasteiger charge is 2.10. The zero-order valence-corrected chi connectivity index (χ0v) is 11.8. The summed E-state index contributed by atoms with van der Waals surface area (Å²) < 4.78 is 28.4. The van der Waals surface area contributed by atoms with Crippen molar-refractivity contribution >= 4 is 15.9 Å². The van der Waals surface area contributed by atoms with Gasteiger partial charge < -0.3 is 5.73 Å². The standard InChI is InChI=1S/C12H11BrF2N4O/c13-10-2-1-9(3-11(10)15)18-7-17-19(12(18)20)6-8(4-14)5-16/h1-4,7H,5-6,16H2/b8-4+. The summed E-state index contributed by atoms with van der Waals surface area (Å²) in [6.45, 7) is -0.0550. The zero-order valence-electron chi connectivity index (χ0n) is 10.3. The predicted octanol–water partition coefficient (Wildman–Crippen LogP) is 1.75. The van der Waals surface area contributed by atoms with E-state index in [4.69, 9.17) is 5.73 Å². The first-order chi connectivity index (χ1) is 9.56. The summed E-state index contributed by atoms with van der Waals surface area (Å²) in [5.41, 5.74) is 5.39. The van der Waals surface area contributed by atoms with E-state index in [1.54, 1.807) is 6.07 Å². The van der Waals surface area contributed by atoms with E-state index in [1.165, 1.54) is 23.0 Å². The fourth-order valence-electron chi connectivity index (χ4n) is 1.59. The van der Waals surface area contributed by atoms with Crippen molar-refractivity contribution in [3.05, 3.63) is 57.2 Å². The lowest BCUT2D eigenvalue weighted by Crippen LogP contribution is -2.26. The van der Waals surface area contributed by atoms with Crippen LogP contribution in [0.1, 0.15) is 0 Å². The molecule has 0 atom stereocenters. The van der Waals surface area contributed by atoms with Crippen LogP contribution in [0.15, 0.2) is 45.7 Å². The van der Waals surface area contributed by atoms with Gasteiger partial charge in [0.1, 0.15) is 12.1 Å². The Kier molecular flexibility index (Phi) is 4.46. The Labute approximate surface area is 121 Å². The zero-order chi connectivity index (χ0) is 14.7. The molecule has 1 aromatic heterocycles. The SMILES string of the molecule is NC/C(=C\F)Cn1ncn(-c2ccc(Br)c(F)c2)c1=O. The van der Waals surface area contributed by atoms with Gasteiger partial charge in [-0.15, -0.1) is 0 Å². The number of hydrogen-bond acceptors (Lipinski definition) is 3. The highest BCUT2D eigenvalue weighted by Crippen LogP contribution is 2.17. The first-order valence-corrected chi connectivity index (χ1v) is 6.44. The topological polar surface area (TPSA) is 65.8 Å². The van der Waals surface area contributed by atoms with E-state index < -0.39 is 11.5 Å². The van der Waals surface area contributed by atoms with Crippen molar-refractivity contribution in [1.29, 1.82) is 0 Å². The van der Waals surface area contributed by atoms with Crippen LogP contribution in [-0.4, -0.2) is 20.9 Å². The summed E-state index contributed by atoms with van der Waals surface area (Å²) in [6.07, 6.45) is 1.60. The van der Waals surface area contributed by atoms with Crippen molar-refractivity contribution in [3.8, 4) is 5.69 Å². The van der Waals surface area contributed by atoms with Crippen LogP contribution in [0.25, 0.3) is 5.69 Å². The van der Waals surface area contributed by atoms with Gasteiger partial charge in [-0.25, -0.2) is 22.8 Å². The smallest absolute Gasteiger partial charge is 0.327 e. The summed E-state index contributed by atoms with van der Waals surface area (Å²) >= 11 is 3.03. The average Bonchev–Trinajstić information content (AvgIpc) is 2.80. The molecule has 2 rings (SSSR count). The molecule has 5 nitrogen and oxygen atoms in total. The first kappa shape index (κ1) is 14.6. The Bertz CT molecular complexity index is 708. The minimum atomic E-state index is -0.500. The molecular weight excluding hydrogens is 334 g/mol. The summed E-state index contributed by atoms with van der Waals surface area (Å²) in [6, 6.07) is 4.25. The van der Waals surface area contributed by atoms with E-state index in [0.717, 1.165) is 4.68 Å². The van der Waals surface area contributed by atoms with Crippen LogP contribution in [-0.2, 0) is 6.54 Å². The summed E-state index contributed by atoms with van der Waals surface area (Å²) in [4.78, 5) is 12.1. The van der Waals surface area contributed by atoms with Gasteiger partial charge in [0.2, 0.25) is 0 Å². The molecule has 0 aliphatic rings. The van der Waals surface area contributed by atoms with E-state index in [0.29, 0.717) is 16.5 Å². The maximum atomic E-state index is 13.5. The summed E-state index contributed by atoms with van der Waals surface area (Å²) in [5, 5.41) is 3.85. The van der Waals surface area contributed by atoms with Gasteiger partial charge in [0, 0.05) is 6.54 Å². The third-order valence-electron chi connectivity index (χ3n) is 2.68. The average molecular weight is 345 g/mol. The first-order valence-electron chi connectivity index (χ1n) is 5.65. The fraction of sp³-hybridized carbons (Fsp3) is 0.167. The van der Waals surface area contributed by atoms with Crippen molar-refractivity contribution in [2.45, 2.75) is 6.54 Å². The van der Waals surface area contributed by atoms with Crippen LogP contribution in [0.5, 0.6) is 0 Å². The molecule has 2 aromatic rings. The van der Waals surface area contributed by atoms with Gasteiger partial charge in [-0.05, 0) is 39.7 Å². The van der Waals surface area contributed by atoms with Gasteiger partial charge in [-0.1, -0.05) is 0 Å². The van der Waals surface area contributed by atoms with Crippen molar-refractivity contribution in [3.63, 3.8) is 0 Å². The molecule has 0 spiro atoms. The molecule has 0 bridgehead atoms. The van der Waals surface area contributed by atoms with E-state index in [-0.39, 0.29) is 18.7 Å². The summed E-state index contributed by atoms with van der Waals surface area (Å²) in [5.74, 6) is -0.492. The highest BCUT2D eigenvalue weighted by atomic mass is 79.9. The Morgan fingerprint density at radius 1 is 1.50 bits per heavy atom. The third kappa shape index (κ3) is 2.86. The number of halogens is 3. The van der Waals surface area contributed by atoms with Gasteiger partial charge in [0.15, 0.2) is 0 Å². The van der Waals surface area contributed by atoms with Gasteiger partial charge in [0.25, 0.3) is 0 Å². The quantitative estimate of drug-likeness (QED) is 0.918. The van der Waals surface area contributed by atoms with Gasteiger partial charge in [-0.3, -0.25) is 0 Å². The van der Waals surface area contributed by atoms with Crippen LogP contribution < -0.4 is 11.4 Å². The molecule has 20 heavy (non-hydrogen) atoms. The van der Waals surface area contributed by atoms with Crippen LogP contribution in [0, 0.1) is 5.82 Å². The lowest BCUT2D eigenvalue weighted by Gasteiger charge is -2.03. The molecule has 1 aromatic carbocycles. The van der Waals surface area contributed by atoms with E-state index in [1.807, 2.05) is 0 Å². The normalized spacial score (nSPS) is 11.9. The van der Waals surface area contributed by atoms with Crippen molar-refractivity contribution < 1.29 is 8.78 Å². The molecule has 0 amide bonds. The minimum absolute atomic E-state index is 0.0112. The lowest BCUT2D eigenvalue weighted by atomic mass is 10.3. The van der Waals surface area contributed by atoms with Crippen molar-refractivity contribution in [2.24, 2.45) is 5.73 Å². The minimum Gasteiger partial charge on any atom is -0.327 e. The van der Waals surface area contributed by atoms with Gasteiger partial charge in [0.05, 0.1) is 23.0 Å². The van der Waals surface area contributed by atoms with Gasteiger partial charge >= 0.3 is 5.69 Å². The van der Waals surface area contributed by atoms with Crippen molar-refractivity contribution in [2.75, 3.05) is 6.54 Å². The Morgan fingerprint density at radius 3 is 2.85 bits per heavy atom. The molecule has 0 saturated carbocycles. The molecule has 0 radical (unpaired) electrons. The van der Waals surface area contributed by atoms with E-state index in [2.05, 4.69) is 21.0 Å². The second-order valence-corrected chi connectivity index (χ2v) is 4.87. The third-order valence-corrected chi connectivity index (χ3v) is 3.33. The number of nitrogens with zero attached hydrogens (tertiary/aromatic N) is 3. The fourth-order valence-corrected chi connectivity index (χ4v) is 1.84. The second-order valence-electron chi connectivity index (χ2n) is 4.01. The monoisotopic (exact) mass is 344 g/mol. The van der Waals surface area contributed by atoms with Crippen molar-refractivity contribution in [1.82, 2.24) is 14.3 Å². The number of aromatic nitrogens is 3. The number of nitrogens with two attached hydrogens (primary N) is 1. The molecule has 8 heteroatoms. The van der Waals surface area contributed by atoms with E-state index >= 15 is 0 Å². The largest absolute Gasteiger partial charge is 0.350 e. The Hall–Kier alpha value is -1.80. The number of rotatable bonds is 4. The Morgan fingerprint density at radius 2 is 2.25 bits per heavy atom. The molecule has 1 heterocycles. The maximum Gasteiger partial charge on any atom is 0.350 e. The Balaban J connectivity index is 2.38. The second kappa shape index (κ2) is 6.10. The molecule has 0 saturated heterocycles. The van der Waals surface area contributed by atoms with Crippen LogP contribution >= 0.6 is 15.9 Å². The van der Waals surface area contributed by atoms with Crippen LogP contribution in [0.4, 0.5) is 8.78 Å². The molecule has 0 aliphatic heterocycles. The van der Waals surface area contributed by atoms with E-state index in [9.17, 15) is 13.6 Å². The molecule has 0 unspecified atom stereocenters. The van der Waals surface area contributed by atoms with Crippen LogP contribution in [0.2, 0.25) is 0 Å². The predicted molar refractivity (Wildman–Crippen MR) is 73.7 cm³/mol. The number of benzene rings is 1. The van der Waals surface area contributed by atoms with Gasteiger partial charge in [-0.2, -0.15) is 5.10 Å². The number of hydrogen-bond donors (Lipinski definition) is 1. The molecule has 106 valence electrons. The maximum absolute atomic E-state index is 13.5. The highest BCUT2D eigenvalue weighted by molar-refractivity contribution is 9.10. The summed E-state index contributed by atoms with van der Waals surface area (Å²) in [7, 11) is 0. The molecular formula is C12H11BrF2N4O.